The molecule has 0 unspecified atom stereocenters. The molecule has 0 aliphatic heterocycles. The highest BCUT2D eigenvalue weighted by Gasteiger charge is 2.15. The van der Waals surface area contributed by atoms with Crippen molar-refractivity contribution in [2.24, 2.45) is 5.10 Å². The van der Waals surface area contributed by atoms with E-state index in [0.717, 1.165) is 0 Å². The first kappa shape index (κ1) is 18.5. The molecule has 0 heterocycles. The first-order chi connectivity index (χ1) is 11.9. The summed E-state index contributed by atoms with van der Waals surface area (Å²) in [6, 6.07) is 8.29. The SMILES string of the molecule is COc1cc(/C=N\NC(=O)c2ccc(O)cc2)cc(Cl)c1OC(F)F. The number of benzene rings is 2. The Morgan fingerprint density at radius 3 is 2.60 bits per heavy atom. The largest absolute Gasteiger partial charge is 0.508 e. The number of phenolic OH excluding ortho intramolecular Hbond substituents is 1. The van der Waals surface area contributed by atoms with Crippen molar-refractivity contribution in [2.45, 2.75) is 6.61 Å². The van der Waals surface area contributed by atoms with Gasteiger partial charge in [-0.05, 0) is 42.0 Å². The molecule has 6 nitrogen and oxygen atoms in total. The van der Waals surface area contributed by atoms with Crippen molar-refractivity contribution in [3.63, 3.8) is 0 Å². The van der Waals surface area contributed by atoms with E-state index in [1.54, 1.807) is 0 Å². The maximum atomic E-state index is 12.4. The Kier molecular flexibility index (Phi) is 6.13. The van der Waals surface area contributed by atoms with Crippen LogP contribution < -0.4 is 14.9 Å². The molecule has 0 saturated heterocycles. The second kappa shape index (κ2) is 8.29. The fourth-order valence-electron chi connectivity index (χ4n) is 1.86. The number of hydrogen-bond donors (Lipinski definition) is 2. The van der Waals surface area contributed by atoms with Crippen LogP contribution in [-0.4, -0.2) is 30.9 Å². The summed E-state index contributed by atoms with van der Waals surface area (Å²) in [4.78, 5) is 11.9. The lowest BCUT2D eigenvalue weighted by Gasteiger charge is -2.12. The molecule has 0 radical (unpaired) electrons. The van der Waals surface area contributed by atoms with Crippen molar-refractivity contribution in [2.75, 3.05) is 7.11 Å². The van der Waals surface area contributed by atoms with E-state index < -0.39 is 12.5 Å². The van der Waals surface area contributed by atoms with Gasteiger partial charge in [-0.2, -0.15) is 13.9 Å². The van der Waals surface area contributed by atoms with Crippen molar-refractivity contribution < 1.29 is 28.2 Å². The average Bonchev–Trinajstić information content (AvgIpc) is 2.57. The number of rotatable bonds is 6. The summed E-state index contributed by atoms with van der Waals surface area (Å²) in [5.74, 6) is -0.747. The Hall–Kier alpha value is -2.87. The summed E-state index contributed by atoms with van der Waals surface area (Å²) < 4.78 is 34.0. The van der Waals surface area contributed by atoms with Crippen molar-refractivity contribution in [3.05, 3.63) is 52.5 Å². The molecule has 0 aliphatic carbocycles. The van der Waals surface area contributed by atoms with Crippen molar-refractivity contribution >= 4 is 23.7 Å². The van der Waals surface area contributed by atoms with Crippen LogP contribution in [0.1, 0.15) is 15.9 Å². The number of carbonyl (C=O) groups excluding carboxylic acids is 1. The minimum absolute atomic E-state index is 0.000823. The lowest BCUT2D eigenvalue weighted by atomic mass is 10.2. The highest BCUT2D eigenvalue weighted by atomic mass is 35.5. The van der Waals surface area contributed by atoms with E-state index in [1.807, 2.05) is 0 Å². The monoisotopic (exact) mass is 370 g/mol. The third-order valence-corrected chi connectivity index (χ3v) is 3.25. The second-order valence-electron chi connectivity index (χ2n) is 4.66. The van der Waals surface area contributed by atoms with Crippen LogP contribution >= 0.6 is 11.6 Å². The molecule has 132 valence electrons. The molecular formula is C16H13ClF2N2O4. The van der Waals surface area contributed by atoms with Gasteiger partial charge in [0.25, 0.3) is 5.91 Å². The van der Waals surface area contributed by atoms with Crippen LogP contribution in [0.4, 0.5) is 8.78 Å². The van der Waals surface area contributed by atoms with E-state index in [9.17, 15) is 18.7 Å². The number of aromatic hydroxyl groups is 1. The molecule has 2 rings (SSSR count). The molecule has 1 amide bonds. The molecule has 0 aromatic heterocycles. The van der Waals surface area contributed by atoms with Gasteiger partial charge >= 0.3 is 6.61 Å². The molecule has 0 bridgehead atoms. The van der Waals surface area contributed by atoms with Crippen LogP contribution in [0.15, 0.2) is 41.5 Å². The predicted molar refractivity (Wildman–Crippen MR) is 87.8 cm³/mol. The summed E-state index contributed by atoms with van der Waals surface area (Å²) >= 11 is 5.90. The fraction of sp³-hybridized carbons (Fsp3) is 0.125. The second-order valence-corrected chi connectivity index (χ2v) is 5.07. The number of halogens is 3. The predicted octanol–water partition coefficient (Wildman–Crippen LogP) is 3.42. The van der Waals surface area contributed by atoms with Crippen LogP contribution in [0.25, 0.3) is 0 Å². The van der Waals surface area contributed by atoms with Gasteiger partial charge in [0, 0.05) is 5.56 Å². The lowest BCUT2D eigenvalue weighted by Crippen LogP contribution is -2.17. The molecule has 9 heteroatoms. The van der Waals surface area contributed by atoms with Crippen LogP contribution in [-0.2, 0) is 0 Å². The van der Waals surface area contributed by atoms with Gasteiger partial charge in [0.2, 0.25) is 0 Å². The van der Waals surface area contributed by atoms with Crippen LogP contribution in [0.2, 0.25) is 5.02 Å². The third-order valence-electron chi connectivity index (χ3n) is 2.97. The first-order valence-corrected chi connectivity index (χ1v) is 7.23. The maximum Gasteiger partial charge on any atom is 0.387 e. The lowest BCUT2D eigenvalue weighted by molar-refractivity contribution is -0.0511. The number of alkyl halides is 2. The molecule has 0 aliphatic rings. The minimum atomic E-state index is -3.05. The Morgan fingerprint density at radius 2 is 2.00 bits per heavy atom. The molecule has 0 atom stereocenters. The van der Waals surface area contributed by atoms with E-state index in [-0.39, 0.29) is 22.3 Å². The zero-order valence-corrected chi connectivity index (χ0v) is 13.6. The van der Waals surface area contributed by atoms with Crippen LogP contribution in [0.3, 0.4) is 0 Å². The van der Waals surface area contributed by atoms with Gasteiger partial charge < -0.3 is 14.6 Å². The summed E-state index contributed by atoms with van der Waals surface area (Å²) in [5.41, 5.74) is 2.98. The molecule has 2 aromatic rings. The quantitative estimate of drug-likeness (QED) is 0.603. The number of ether oxygens (including phenoxy) is 2. The van der Waals surface area contributed by atoms with E-state index in [2.05, 4.69) is 15.3 Å². The van der Waals surface area contributed by atoms with E-state index in [1.165, 1.54) is 49.7 Å². The number of amides is 1. The van der Waals surface area contributed by atoms with Gasteiger partial charge in [-0.1, -0.05) is 11.6 Å². The number of hydrogen-bond acceptors (Lipinski definition) is 5. The Balaban J connectivity index is 2.11. The standard InChI is InChI=1S/C16H13ClF2N2O4/c1-24-13-7-9(6-12(17)14(13)25-16(18)19)8-20-21-15(23)10-2-4-11(22)5-3-10/h2-8,16,22H,1H3,(H,21,23)/b20-8-. The van der Waals surface area contributed by atoms with Gasteiger partial charge in [0.15, 0.2) is 11.5 Å². The number of methoxy groups -OCH3 is 1. The average molecular weight is 371 g/mol. The normalized spacial score (nSPS) is 10.9. The first-order valence-electron chi connectivity index (χ1n) is 6.85. The molecule has 2 N–H and O–H groups in total. The summed E-state index contributed by atoms with van der Waals surface area (Å²) in [6.07, 6.45) is 1.26. The maximum absolute atomic E-state index is 12.4. The summed E-state index contributed by atoms with van der Waals surface area (Å²) in [7, 11) is 1.28. The Bertz CT molecular complexity index is 782. The van der Waals surface area contributed by atoms with Crippen molar-refractivity contribution in [1.82, 2.24) is 5.43 Å². The van der Waals surface area contributed by atoms with Gasteiger partial charge in [-0.15, -0.1) is 0 Å². The topological polar surface area (TPSA) is 80.2 Å². The van der Waals surface area contributed by atoms with Gasteiger partial charge in [0.05, 0.1) is 18.3 Å². The highest BCUT2D eigenvalue weighted by molar-refractivity contribution is 6.32. The number of phenols is 1. The van der Waals surface area contributed by atoms with E-state index in [4.69, 9.17) is 16.3 Å². The van der Waals surface area contributed by atoms with Gasteiger partial charge in [-0.3, -0.25) is 4.79 Å². The van der Waals surface area contributed by atoms with Crippen LogP contribution in [0.5, 0.6) is 17.2 Å². The zero-order chi connectivity index (χ0) is 18.4. The highest BCUT2D eigenvalue weighted by Crippen LogP contribution is 2.37. The molecule has 25 heavy (non-hydrogen) atoms. The van der Waals surface area contributed by atoms with E-state index in [0.29, 0.717) is 11.1 Å². The van der Waals surface area contributed by atoms with Gasteiger partial charge in [0.1, 0.15) is 5.75 Å². The van der Waals surface area contributed by atoms with Crippen molar-refractivity contribution in [1.29, 1.82) is 0 Å². The van der Waals surface area contributed by atoms with Gasteiger partial charge in [-0.25, -0.2) is 5.43 Å². The minimum Gasteiger partial charge on any atom is -0.508 e. The number of carbonyl (C=O) groups is 1. The number of hydrazone groups is 1. The Morgan fingerprint density at radius 1 is 1.32 bits per heavy atom. The molecule has 0 fully saturated rings. The van der Waals surface area contributed by atoms with Crippen molar-refractivity contribution in [3.8, 4) is 17.2 Å². The molecule has 2 aromatic carbocycles. The molecular weight excluding hydrogens is 358 g/mol. The summed E-state index contributed by atoms with van der Waals surface area (Å²) in [6.45, 7) is -3.05. The third kappa shape index (κ3) is 5.05. The zero-order valence-electron chi connectivity index (χ0n) is 12.9. The Labute approximate surface area is 146 Å². The molecule has 0 saturated carbocycles. The summed E-state index contributed by atoms with van der Waals surface area (Å²) in [5, 5.41) is 12.8. The number of nitrogens with zero attached hydrogens (tertiary/aromatic N) is 1. The smallest absolute Gasteiger partial charge is 0.387 e. The van der Waals surface area contributed by atoms with E-state index >= 15 is 0 Å². The molecule has 0 spiro atoms. The fourth-order valence-corrected chi connectivity index (χ4v) is 2.12. The number of nitrogens with one attached hydrogen (secondary N) is 1. The van der Waals surface area contributed by atoms with Crippen LogP contribution in [0, 0.1) is 0 Å².